The molecule has 0 aliphatic rings. The van der Waals surface area contributed by atoms with Crippen molar-refractivity contribution in [1.29, 1.82) is 0 Å². The lowest BCUT2D eigenvalue weighted by molar-refractivity contribution is 0.0678. The van der Waals surface area contributed by atoms with Crippen molar-refractivity contribution in [2.24, 2.45) is 0 Å². The van der Waals surface area contributed by atoms with Crippen molar-refractivity contribution in [2.45, 2.75) is 6.43 Å². The van der Waals surface area contributed by atoms with E-state index in [2.05, 4.69) is 4.74 Å². The molecule has 0 aromatic heterocycles. The molecule has 1 rings (SSSR count). The molecule has 5 heteroatoms. The van der Waals surface area contributed by atoms with Gasteiger partial charge in [-0.05, 0) is 12.1 Å². The molecule has 0 aliphatic heterocycles. The zero-order chi connectivity index (χ0) is 10.7. The summed E-state index contributed by atoms with van der Waals surface area (Å²) in [6.07, 6.45) is -3.14. The molecule has 0 aliphatic carbocycles. The van der Waals surface area contributed by atoms with Crippen LogP contribution in [0.3, 0.4) is 0 Å². The summed E-state index contributed by atoms with van der Waals surface area (Å²) in [7, 11) is 1.26. The van der Waals surface area contributed by atoms with Gasteiger partial charge in [0.25, 0.3) is 0 Å². The molecule has 0 unspecified atom stereocenters. The average molecular weight is 204 g/mol. The number of carbonyl (C=O) groups excluding carboxylic acids is 1. The van der Waals surface area contributed by atoms with Gasteiger partial charge in [-0.15, -0.1) is 0 Å². The number of benzene rings is 1. The lowest BCUT2D eigenvalue weighted by atomic mass is 10.1. The third-order valence-electron chi connectivity index (χ3n) is 1.59. The predicted molar refractivity (Wildman–Crippen MR) is 43.3 cm³/mol. The topological polar surface area (TPSA) is 26.3 Å². The molecule has 2 nitrogen and oxygen atoms in total. The summed E-state index contributed by atoms with van der Waals surface area (Å²) in [5.74, 6) is -2.16. The molecule has 0 fully saturated rings. The maximum absolute atomic E-state index is 12.8. The van der Waals surface area contributed by atoms with E-state index in [9.17, 15) is 18.0 Å². The van der Waals surface area contributed by atoms with Crippen LogP contribution in [0.2, 0.25) is 0 Å². The molecule has 0 saturated heterocycles. The van der Waals surface area contributed by atoms with E-state index < -0.39 is 23.6 Å². The van der Waals surface area contributed by atoms with Crippen molar-refractivity contribution in [3.05, 3.63) is 29.6 Å². The predicted octanol–water partition coefficient (Wildman–Crippen LogP) is 2.28. The van der Waals surface area contributed by atoms with Gasteiger partial charge in [0, 0.05) is 11.6 Å². The molecule has 0 saturated carbocycles. The third-order valence-corrected chi connectivity index (χ3v) is 1.59. The van der Waals surface area contributed by atoms with Gasteiger partial charge in [0.2, 0.25) is 5.78 Å². The van der Waals surface area contributed by atoms with Crippen LogP contribution in [-0.2, 0) is 0 Å². The Balaban J connectivity index is 3.09. The van der Waals surface area contributed by atoms with E-state index in [1.807, 2.05) is 0 Å². The smallest absolute Gasteiger partial charge is 0.300 e. The maximum Gasteiger partial charge on any atom is 0.300 e. The Kier molecular flexibility index (Phi) is 3.11. The number of alkyl halides is 2. The Morgan fingerprint density at radius 3 is 2.50 bits per heavy atom. The van der Waals surface area contributed by atoms with Crippen molar-refractivity contribution in [2.75, 3.05) is 7.11 Å². The molecule has 76 valence electrons. The molecule has 0 atom stereocenters. The largest absolute Gasteiger partial charge is 0.497 e. The molecular formula is C9H7F3O2. The van der Waals surface area contributed by atoms with E-state index in [0.717, 1.165) is 18.2 Å². The van der Waals surface area contributed by atoms with Gasteiger partial charge in [-0.1, -0.05) is 0 Å². The summed E-state index contributed by atoms with van der Waals surface area (Å²) >= 11 is 0. The van der Waals surface area contributed by atoms with Crippen LogP contribution in [0.4, 0.5) is 13.2 Å². The van der Waals surface area contributed by atoms with E-state index >= 15 is 0 Å². The summed E-state index contributed by atoms with van der Waals surface area (Å²) in [6, 6.07) is 2.82. The van der Waals surface area contributed by atoms with Crippen LogP contribution in [0.15, 0.2) is 18.2 Å². The molecule has 0 bridgehead atoms. The Morgan fingerprint density at radius 2 is 2.00 bits per heavy atom. The Morgan fingerprint density at radius 1 is 1.36 bits per heavy atom. The van der Waals surface area contributed by atoms with Crippen molar-refractivity contribution in [1.82, 2.24) is 0 Å². The van der Waals surface area contributed by atoms with Gasteiger partial charge in [0.1, 0.15) is 11.6 Å². The number of halogens is 3. The molecule has 1 aromatic rings. The summed E-state index contributed by atoms with van der Waals surface area (Å²) in [5, 5.41) is 0. The first-order valence-electron chi connectivity index (χ1n) is 3.71. The molecule has 0 heterocycles. The first-order chi connectivity index (χ1) is 6.54. The maximum atomic E-state index is 12.8. The third kappa shape index (κ3) is 2.25. The minimum atomic E-state index is -3.14. The highest BCUT2D eigenvalue weighted by molar-refractivity contribution is 5.98. The Bertz CT molecular complexity index is 350. The van der Waals surface area contributed by atoms with Crippen molar-refractivity contribution < 1.29 is 22.7 Å². The van der Waals surface area contributed by atoms with E-state index in [4.69, 9.17) is 0 Å². The minimum Gasteiger partial charge on any atom is -0.497 e. The molecule has 0 spiro atoms. The van der Waals surface area contributed by atoms with Crippen LogP contribution in [0.1, 0.15) is 10.4 Å². The molecule has 0 amide bonds. The lowest BCUT2D eigenvalue weighted by Gasteiger charge is -2.03. The van der Waals surface area contributed by atoms with Gasteiger partial charge in [0.05, 0.1) is 7.11 Å². The fourth-order valence-corrected chi connectivity index (χ4v) is 0.949. The summed E-state index contributed by atoms with van der Waals surface area (Å²) in [4.78, 5) is 10.8. The SMILES string of the molecule is COc1cc(F)cc(C(=O)C(F)F)c1. The normalized spacial score (nSPS) is 10.4. The molecule has 1 aromatic carbocycles. The van der Waals surface area contributed by atoms with E-state index in [1.54, 1.807) is 0 Å². The molecular weight excluding hydrogens is 197 g/mol. The van der Waals surface area contributed by atoms with Crippen LogP contribution < -0.4 is 4.74 Å². The molecule has 14 heavy (non-hydrogen) atoms. The van der Waals surface area contributed by atoms with Crippen LogP contribution in [0.5, 0.6) is 5.75 Å². The van der Waals surface area contributed by atoms with Gasteiger partial charge < -0.3 is 4.74 Å². The number of hydrogen-bond acceptors (Lipinski definition) is 2. The van der Waals surface area contributed by atoms with Crippen molar-refractivity contribution in [3.63, 3.8) is 0 Å². The number of hydrogen-bond donors (Lipinski definition) is 0. The number of ether oxygens (including phenoxy) is 1. The van der Waals surface area contributed by atoms with Crippen LogP contribution >= 0.6 is 0 Å². The van der Waals surface area contributed by atoms with Gasteiger partial charge in [0.15, 0.2) is 0 Å². The Hall–Kier alpha value is -1.52. The van der Waals surface area contributed by atoms with Crippen LogP contribution in [-0.4, -0.2) is 19.3 Å². The van der Waals surface area contributed by atoms with Gasteiger partial charge >= 0.3 is 6.43 Å². The number of carbonyl (C=O) groups is 1. The quantitative estimate of drug-likeness (QED) is 0.706. The highest BCUT2D eigenvalue weighted by Crippen LogP contribution is 2.18. The standard InChI is InChI=1S/C9H7F3O2/c1-14-7-3-5(2-6(10)4-7)8(13)9(11)12/h2-4,9H,1H3. The number of ketones is 1. The van der Waals surface area contributed by atoms with Crippen molar-refractivity contribution >= 4 is 5.78 Å². The van der Waals surface area contributed by atoms with E-state index in [1.165, 1.54) is 7.11 Å². The number of rotatable bonds is 3. The van der Waals surface area contributed by atoms with Gasteiger partial charge in [-0.3, -0.25) is 4.79 Å². The summed E-state index contributed by atoms with van der Waals surface area (Å²) < 4.78 is 41.3. The summed E-state index contributed by atoms with van der Waals surface area (Å²) in [6.45, 7) is 0. The van der Waals surface area contributed by atoms with E-state index in [0.29, 0.717) is 0 Å². The fraction of sp³-hybridized carbons (Fsp3) is 0.222. The van der Waals surface area contributed by atoms with Crippen molar-refractivity contribution in [3.8, 4) is 5.75 Å². The second-order valence-electron chi connectivity index (χ2n) is 2.54. The average Bonchev–Trinajstić information content (AvgIpc) is 2.15. The number of Topliss-reactive ketones (excluding diaryl/α,β-unsaturated/α-hetero) is 1. The first-order valence-corrected chi connectivity index (χ1v) is 3.71. The Labute approximate surface area is 78.3 Å². The number of methoxy groups -OCH3 is 1. The molecule has 0 radical (unpaired) electrons. The fourth-order valence-electron chi connectivity index (χ4n) is 0.949. The molecule has 0 N–H and O–H groups in total. The monoisotopic (exact) mass is 204 g/mol. The minimum absolute atomic E-state index is 0.0361. The zero-order valence-corrected chi connectivity index (χ0v) is 7.26. The van der Waals surface area contributed by atoms with Crippen LogP contribution in [0.25, 0.3) is 0 Å². The first kappa shape index (κ1) is 10.6. The van der Waals surface area contributed by atoms with E-state index in [-0.39, 0.29) is 5.75 Å². The second-order valence-corrected chi connectivity index (χ2v) is 2.54. The van der Waals surface area contributed by atoms with Crippen LogP contribution in [0, 0.1) is 5.82 Å². The highest BCUT2D eigenvalue weighted by atomic mass is 19.3. The van der Waals surface area contributed by atoms with Gasteiger partial charge in [-0.2, -0.15) is 0 Å². The second kappa shape index (κ2) is 4.13. The lowest BCUT2D eigenvalue weighted by Crippen LogP contribution is -2.10. The zero-order valence-electron chi connectivity index (χ0n) is 7.26. The summed E-state index contributed by atoms with van der Waals surface area (Å²) in [5.41, 5.74) is -0.392. The van der Waals surface area contributed by atoms with Gasteiger partial charge in [-0.25, -0.2) is 13.2 Å². The highest BCUT2D eigenvalue weighted by Gasteiger charge is 2.19.